The van der Waals surface area contributed by atoms with Crippen molar-refractivity contribution in [3.8, 4) is 0 Å². The summed E-state index contributed by atoms with van der Waals surface area (Å²) in [7, 11) is 0. The Kier molecular flexibility index (Phi) is 6.16. The fourth-order valence-corrected chi connectivity index (χ4v) is 4.05. The third kappa shape index (κ3) is 4.51. The molecule has 33 heavy (non-hydrogen) atoms. The van der Waals surface area contributed by atoms with Crippen LogP contribution in [-0.2, 0) is 16.4 Å². The molecule has 0 radical (unpaired) electrons. The number of amides is 2. The van der Waals surface area contributed by atoms with E-state index in [0.717, 1.165) is 6.07 Å². The number of benzene rings is 1. The minimum absolute atomic E-state index is 0.122. The van der Waals surface area contributed by atoms with Crippen molar-refractivity contribution in [2.24, 2.45) is 0 Å². The van der Waals surface area contributed by atoms with Crippen LogP contribution in [-0.4, -0.2) is 39.5 Å². The molecule has 2 aromatic rings. The number of H-pyrrole nitrogens is 1. The van der Waals surface area contributed by atoms with E-state index < -0.39 is 34.9 Å². The highest BCUT2D eigenvalue weighted by Gasteiger charge is 2.46. The van der Waals surface area contributed by atoms with Gasteiger partial charge in [-0.25, -0.2) is 4.39 Å². The molecule has 3 rings (SSSR count). The molecule has 0 atom stereocenters. The number of rotatable bonds is 3. The Morgan fingerprint density at radius 3 is 2.39 bits per heavy atom. The van der Waals surface area contributed by atoms with Gasteiger partial charge in [-0.15, -0.1) is 0 Å². The minimum atomic E-state index is -4.74. The van der Waals surface area contributed by atoms with Crippen molar-refractivity contribution >= 4 is 17.4 Å². The Hall–Kier alpha value is -3.17. The molecule has 10 heteroatoms. The third-order valence-electron chi connectivity index (χ3n) is 5.58. The quantitative estimate of drug-likeness (QED) is 0.651. The second kappa shape index (κ2) is 8.31. The van der Waals surface area contributed by atoms with E-state index >= 15 is 0 Å². The van der Waals surface area contributed by atoms with E-state index in [1.165, 1.54) is 30.9 Å². The topological polar surface area (TPSA) is 78.1 Å². The number of aryl methyl sites for hydroxylation is 1. The number of nitrogens with zero attached hydrogens (tertiary/aromatic N) is 2. The summed E-state index contributed by atoms with van der Waals surface area (Å²) in [5.74, 6) is -1.68. The number of halogens is 4. The summed E-state index contributed by atoms with van der Waals surface area (Å²) < 4.78 is 55.2. The first-order valence-corrected chi connectivity index (χ1v) is 10.4. The number of fused-ring (bicyclic) bond motifs is 1. The van der Waals surface area contributed by atoms with Gasteiger partial charge in [-0.05, 0) is 51.5 Å². The maximum atomic E-state index is 13.8. The number of aromatic nitrogens is 2. The van der Waals surface area contributed by atoms with Crippen molar-refractivity contribution < 1.29 is 27.2 Å². The molecule has 1 aromatic heterocycles. The van der Waals surface area contributed by atoms with Crippen molar-refractivity contribution in [3.63, 3.8) is 0 Å². The SMILES string of the molecule is CC1=C(C(=O)NC(C)C)c2n[nH]c(C(F)(F)F)c2C(C)(C)CN1C(=O)c1ccc(F)c(C)c1. The maximum absolute atomic E-state index is 13.8. The highest BCUT2D eigenvalue weighted by atomic mass is 19.4. The van der Waals surface area contributed by atoms with Crippen LogP contribution >= 0.6 is 0 Å². The lowest BCUT2D eigenvalue weighted by molar-refractivity contribution is -0.142. The van der Waals surface area contributed by atoms with Gasteiger partial charge >= 0.3 is 6.18 Å². The molecule has 2 amide bonds. The fourth-order valence-electron chi connectivity index (χ4n) is 4.05. The van der Waals surface area contributed by atoms with Crippen molar-refractivity contribution in [3.05, 3.63) is 57.8 Å². The lowest BCUT2D eigenvalue weighted by Gasteiger charge is -2.32. The van der Waals surface area contributed by atoms with E-state index in [-0.39, 0.29) is 46.2 Å². The Bertz CT molecular complexity index is 1150. The summed E-state index contributed by atoms with van der Waals surface area (Å²) in [5.41, 5.74) is -2.17. The van der Waals surface area contributed by atoms with Gasteiger partial charge in [0.1, 0.15) is 17.2 Å². The average molecular weight is 466 g/mol. The van der Waals surface area contributed by atoms with Crippen molar-refractivity contribution in [1.29, 1.82) is 0 Å². The number of carbonyl (C=O) groups excluding carboxylic acids is 2. The lowest BCUT2D eigenvalue weighted by atomic mass is 9.81. The molecule has 0 bridgehead atoms. The molecule has 0 aliphatic carbocycles. The molecule has 6 nitrogen and oxygen atoms in total. The first kappa shape index (κ1) is 24.5. The van der Waals surface area contributed by atoms with E-state index in [1.54, 1.807) is 27.7 Å². The number of hydrogen-bond acceptors (Lipinski definition) is 3. The number of nitrogens with one attached hydrogen (secondary N) is 2. The molecule has 178 valence electrons. The summed E-state index contributed by atoms with van der Waals surface area (Å²) in [4.78, 5) is 27.8. The smallest absolute Gasteiger partial charge is 0.350 e. The number of carbonyl (C=O) groups is 2. The molecule has 0 fully saturated rings. The summed E-state index contributed by atoms with van der Waals surface area (Å²) >= 11 is 0. The van der Waals surface area contributed by atoms with Gasteiger partial charge in [0.25, 0.3) is 11.8 Å². The molecule has 0 saturated heterocycles. The standard InChI is InChI=1S/C23H26F4N4O2/c1-11(2)28-20(32)16-13(4)31(21(33)14-7-8-15(24)12(3)9-14)10-22(5,6)17-18(16)29-30-19(17)23(25,26)27/h7-9,11H,10H2,1-6H3,(H,28,32)(H,29,30). The number of alkyl halides is 3. The second-order valence-corrected chi connectivity index (χ2v) is 9.15. The Morgan fingerprint density at radius 1 is 1.21 bits per heavy atom. The predicted molar refractivity (Wildman–Crippen MR) is 115 cm³/mol. The fraction of sp³-hybridized carbons (Fsp3) is 0.435. The normalized spacial score (nSPS) is 16.0. The van der Waals surface area contributed by atoms with Crippen LogP contribution in [0.25, 0.3) is 5.57 Å². The van der Waals surface area contributed by atoms with E-state index in [1.807, 2.05) is 0 Å². The van der Waals surface area contributed by atoms with Gasteiger partial charge in [-0.1, -0.05) is 13.8 Å². The summed E-state index contributed by atoms with van der Waals surface area (Å²) in [6.07, 6.45) is -4.74. The highest BCUT2D eigenvalue weighted by molar-refractivity contribution is 6.21. The zero-order chi connectivity index (χ0) is 24.9. The first-order chi connectivity index (χ1) is 15.1. The zero-order valence-electron chi connectivity index (χ0n) is 19.2. The molecule has 0 saturated carbocycles. The Balaban J connectivity index is 2.26. The molecule has 0 unspecified atom stereocenters. The van der Waals surface area contributed by atoms with Gasteiger partial charge < -0.3 is 10.2 Å². The van der Waals surface area contributed by atoms with Crippen LogP contribution in [0, 0.1) is 12.7 Å². The van der Waals surface area contributed by atoms with E-state index in [0.29, 0.717) is 0 Å². The number of aromatic amines is 1. The molecule has 2 heterocycles. The monoisotopic (exact) mass is 466 g/mol. The largest absolute Gasteiger partial charge is 0.433 e. The molecule has 0 spiro atoms. The third-order valence-corrected chi connectivity index (χ3v) is 5.58. The van der Waals surface area contributed by atoms with Gasteiger partial charge in [0.05, 0.1) is 5.57 Å². The molecule has 1 aliphatic heterocycles. The predicted octanol–water partition coefficient (Wildman–Crippen LogP) is 4.57. The Morgan fingerprint density at radius 2 is 1.85 bits per heavy atom. The molecule has 1 aliphatic rings. The van der Waals surface area contributed by atoms with Crippen LogP contribution < -0.4 is 5.32 Å². The summed E-state index contributed by atoms with van der Waals surface area (Å²) in [6, 6.07) is 3.54. The van der Waals surface area contributed by atoms with Crippen LogP contribution in [0.15, 0.2) is 23.9 Å². The Labute approximate surface area is 189 Å². The van der Waals surface area contributed by atoms with E-state index in [9.17, 15) is 27.2 Å². The summed E-state index contributed by atoms with van der Waals surface area (Å²) in [5, 5.41) is 8.62. The maximum Gasteiger partial charge on any atom is 0.433 e. The average Bonchev–Trinajstić information content (AvgIpc) is 3.10. The molecule has 1 aromatic carbocycles. The van der Waals surface area contributed by atoms with E-state index in [2.05, 4.69) is 15.5 Å². The highest BCUT2D eigenvalue weighted by Crippen LogP contribution is 2.44. The van der Waals surface area contributed by atoms with E-state index in [4.69, 9.17) is 0 Å². The molecular weight excluding hydrogens is 440 g/mol. The van der Waals surface area contributed by atoms with Gasteiger partial charge in [-0.2, -0.15) is 18.3 Å². The molecular formula is C23H26F4N4O2. The van der Waals surface area contributed by atoms with Crippen LogP contribution in [0.1, 0.15) is 67.5 Å². The van der Waals surface area contributed by atoms with Gasteiger partial charge in [0, 0.05) is 34.8 Å². The molecule has 2 N–H and O–H groups in total. The number of hydrogen-bond donors (Lipinski definition) is 2. The zero-order valence-corrected chi connectivity index (χ0v) is 19.2. The van der Waals surface area contributed by atoms with Crippen LogP contribution in [0.2, 0.25) is 0 Å². The van der Waals surface area contributed by atoms with Gasteiger partial charge in [-0.3, -0.25) is 14.7 Å². The van der Waals surface area contributed by atoms with Crippen LogP contribution in [0.4, 0.5) is 17.6 Å². The first-order valence-electron chi connectivity index (χ1n) is 10.4. The van der Waals surface area contributed by atoms with Crippen molar-refractivity contribution in [2.45, 2.75) is 59.2 Å². The summed E-state index contributed by atoms with van der Waals surface area (Å²) in [6.45, 7) is 9.40. The van der Waals surface area contributed by atoms with Crippen LogP contribution in [0.3, 0.4) is 0 Å². The van der Waals surface area contributed by atoms with Gasteiger partial charge in [0.2, 0.25) is 0 Å². The second-order valence-electron chi connectivity index (χ2n) is 9.15. The lowest BCUT2D eigenvalue weighted by Crippen LogP contribution is -2.40. The minimum Gasteiger partial charge on any atom is -0.350 e. The number of allylic oxidation sites excluding steroid dienone is 1. The van der Waals surface area contributed by atoms with Gasteiger partial charge in [0.15, 0.2) is 0 Å². The van der Waals surface area contributed by atoms with Crippen molar-refractivity contribution in [1.82, 2.24) is 20.4 Å². The van der Waals surface area contributed by atoms with Crippen LogP contribution in [0.5, 0.6) is 0 Å². The van der Waals surface area contributed by atoms with Crippen molar-refractivity contribution in [2.75, 3.05) is 6.54 Å².